The van der Waals surface area contributed by atoms with Crippen LogP contribution in [0.15, 0.2) is 30.6 Å². The third-order valence-electron chi connectivity index (χ3n) is 2.12. The van der Waals surface area contributed by atoms with Crippen LogP contribution >= 0.6 is 0 Å². The van der Waals surface area contributed by atoms with Gasteiger partial charge in [0.1, 0.15) is 29.6 Å². The van der Waals surface area contributed by atoms with E-state index in [9.17, 15) is 8.78 Å². The molecule has 0 atom stereocenters. The molecule has 17 heavy (non-hydrogen) atoms. The molecule has 4 nitrogen and oxygen atoms in total. The maximum atomic E-state index is 13.4. The van der Waals surface area contributed by atoms with E-state index in [1.165, 1.54) is 18.5 Å². The molecule has 0 saturated heterocycles. The van der Waals surface area contributed by atoms with Gasteiger partial charge in [-0.2, -0.15) is 0 Å². The highest BCUT2D eigenvalue weighted by Gasteiger charge is 2.05. The molecule has 0 aliphatic carbocycles. The Morgan fingerprint density at radius 2 is 1.82 bits per heavy atom. The second-order valence-corrected chi connectivity index (χ2v) is 3.29. The van der Waals surface area contributed by atoms with Crippen molar-refractivity contribution >= 4 is 17.3 Å². The topological polar surface area (TPSA) is 49.8 Å². The summed E-state index contributed by atoms with van der Waals surface area (Å²) in [5.74, 6) is -0.263. The van der Waals surface area contributed by atoms with Crippen molar-refractivity contribution in [2.24, 2.45) is 0 Å². The monoisotopic (exact) mass is 236 g/mol. The number of nitrogens with one attached hydrogen (secondary N) is 2. The van der Waals surface area contributed by atoms with Gasteiger partial charge in [-0.25, -0.2) is 18.7 Å². The number of rotatable bonds is 3. The van der Waals surface area contributed by atoms with Crippen molar-refractivity contribution in [3.05, 3.63) is 42.2 Å². The number of aromatic nitrogens is 2. The maximum absolute atomic E-state index is 13.4. The minimum Gasteiger partial charge on any atom is -0.373 e. The molecule has 6 heteroatoms. The van der Waals surface area contributed by atoms with Crippen LogP contribution in [-0.4, -0.2) is 17.0 Å². The van der Waals surface area contributed by atoms with Crippen LogP contribution in [-0.2, 0) is 0 Å². The van der Waals surface area contributed by atoms with Gasteiger partial charge in [0, 0.05) is 19.2 Å². The molecular formula is C11H10F2N4. The Balaban J connectivity index is 2.25. The van der Waals surface area contributed by atoms with Crippen molar-refractivity contribution in [2.45, 2.75) is 0 Å². The molecule has 88 valence electrons. The zero-order valence-corrected chi connectivity index (χ0v) is 9.04. The van der Waals surface area contributed by atoms with E-state index < -0.39 is 11.6 Å². The molecule has 0 radical (unpaired) electrons. The number of benzene rings is 1. The average molecular weight is 236 g/mol. The van der Waals surface area contributed by atoms with Crippen molar-refractivity contribution in [1.82, 2.24) is 9.97 Å². The smallest absolute Gasteiger partial charge is 0.149 e. The minimum atomic E-state index is -0.672. The highest BCUT2D eigenvalue weighted by atomic mass is 19.1. The van der Waals surface area contributed by atoms with Gasteiger partial charge in [-0.1, -0.05) is 0 Å². The Kier molecular flexibility index (Phi) is 3.13. The van der Waals surface area contributed by atoms with E-state index >= 15 is 0 Å². The highest BCUT2D eigenvalue weighted by molar-refractivity contribution is 5.59. The second-order valence-electron chi connectivity index (χ2n) is 3.29. The summed E-state index contributed by atoms with van der Waals surface area (Å²) in [6.07, 6.45) is 1.34. The largest absolute Gasteiger partial charge is 0.373 e. The first-order chi connectivity index (χ1) is 8.19. The first-order valence-electron chi connectivity index (χ1n) is 4.91. The summed E-state index contributed by atoms with van der Waals surface area (Å²) in [5, 5.41) is 5.57. The van der Waals surface area contributed by atoms with Crippen LogP contribution in [0.2, 0.25) is 0 Å². The lowest BCUT2D eigenvalue weighted by Gasteiger charge is -2.07. The summed E-state index contributed by atoms with van der Waals surface area (Å²) in [6, 6.07) is 4.91. The van der Waals surface area contributed by atoms with E-state index in [-0.39, 0.29) is 5.69 Å². The average Bonchev–Trinajstić information content (AvgIpc) is 2.33. The quantitative estimate of drug-likeness (QED) is 0.859. The Morgan fingerprint density at radius 1 is 1.06 bits per heavy atom. The summed E-state index contributed by atoms with van der Waals surface area (Å²) < 4.78 is 26.1. The Morgan fingerprint density at radius 3 is 2.53 bits per heavy atom. The van der Waals surface area contributed by atoms with Gasteiger partial charge in [-0.3, -0.25) is 0 Å². The summed E-state index contributed by atoms with van der Waals surface area (Å²) in [7, 11) is 1.71. The van der Waals surface area contributed by atoms with Crippen molar-refractivity contribution in [3.8, 4) is 0 Å². The lowest BCUT2D eigenvalue weighted by atomic mass is 10.3. The van der Waals surface area contributed by atoms with Gasteiger partial charge in [-0.15, -0.1) is 0 Å². The zero-order chi connectivity index (χ0) is 12.3. The lowest BCUT2D eigenvalue weighted by Crippen LogP contribution is -1.99. The molecule has 0 aliphatic rings. The molecule has 2 N–H and O–H groups in total. The number of anilines is 3. The van der Waals surface area contributed by atoms with E-state index in [0.29, 0.717) is 11.6 Å². The van der Waals surface area contributed by atoms with Gasteiger partial charge in [0.05, 0.1) is 5.69 Å². The lowest BCUT2D eigenvalue weighted by molar-refractivity contribution is 0.586. The molecule has 0 spiro atoms. The second kappa shape index (κ2) is 4.73. The minimum absolute atomic E-state index is 0.159. The molecule has 1 heterocycles. The fourth-order valence-corrected chi connectivity index (χ4v) is 1.29. The van der Waals surface area contributed by atoms with Crippen molar-refractivity contribution < 1.29 is 8.78 Å². The molecule has 2 aromatic rings. The summed E-state index contributed by atoms with van der Waals surface area (Å²) >= 11 is 0. The molecule has 0 aliphatic heterocycles. The molecule has 2 rings (SSSR count). The summed E-state index contributed by atoms with van der Waals surface area (Å²) in [4.78, 5) is 7.84. The van der Waals surface area contributed by atoms with Crippen LogP contribution in [0.5, 0.6) is 0 Å². The van der Waals surface area contributed by atoms with Gasteiger partial charge < -0.3 is 10.6 Å². The van der Waals surface area contributed by atoms with Crippen LogP contribution < -0.4 is 10.6 Å². The summed E-state index contributed by atoms with van der Waals surface area (Å²) in [5.41, 5.74) is 0.159. The number of hydrogen-bond acceptors (Lipinski definition) is 4. The van der Waals surface area contributed by atoms with Gasteiger partial charge in [0.15, 0.2) is 0 Å². The van der Waals surface area contributed by atoms with Gasteiger partial charge in [0.2, 0.25) is 0 Å². The standard InChI is InChI=1S/C11H10F2N4/c1-14-10-5-11(16-6-15-10)17-9-3-2-7(12)4-8(9)13/h2-6H,1H3,(H2,14,15,16,17). The third-order valence-corrected chi connectivity index (χ3v) is 2.12. The molecular weight excluding hydrogens is 226 g/mol. The molecule has 0 saturated carbocycles. The Hall–Kier alpha value is -2.24. The van der Waals surface area contributed by atoms with Crippen molar-refractivity contribution in [1.29, 1.82) is 0 Å². The molecule has 1 aromatic heterocycles. The first-order valence-corrected chi connectivity index (χ1v) is 4.91. The van der Waals surface area contributed by atoms with E-state index in [1.807, 2.05) is 0 Å². The molecule has 0 fully saturated rings. The van der Waals surface area contributed by atoms with E-state index in [1.54, 1.807) is 13.1 Å². The fourth-order valence-electron chi connectivity index (χ4n) is 1.29. The van der Waals surface area contributed by atoms with E-state index in [2.05, 4.69) is 20.6 Å². The normalized spacial score (nSPS) is 10.1. The molecule has 0 bridgehead atoms. The Labute approximate surface area is 96.7 Å². The van der Waals surface area contributed by atoms with Crippen molar-refractivity contribution in [2.75, 3.05) is 17.7 Å². The predicted molar refractivity (Wildman–Crippen MR) is 61.2 cm³/mol. The van der Waals surface area contributed by atoms with Gasteiger partial charge >= 0.3 is 0 Å². The van der Waals surface area contributed by atoms with E-state index in [0.717, 1.165) is 6.07 Å². The van der Waals surface area contributed by atoms with E-state index in [4.69, 9.17) is 0 Å². The van der Waals surface area contributed by atoms with Gasteiger partial charge in [-0.05, 0) is 12.1 Å². The van der Waals surface area contributed by atoms with Crippen LogP contribution in [0.1, 0.15) is 0 Å². The molecule has 0 unspecified atom stereocenters. The number of nitrogens with zero attached hydrogens (tertiary/aromatic N) is 2. The predicted octanol–water partition coefficient (Wildman–Crippen LogP) is 2.54. The third kappa shape index (κ3) is 2.66. The SMILES string of the molecule is CNc1cc(Nc2ccc(F)cc2F)ncn1. The highest BCUT2D eigenvalue weighted by Crippen LogP contribution is 2.20. The first kappa shape index (κ1) is 11.3. The maximum Gasteiger partial charge on any atom is 0.149 e. The molecule has 1 aromatic carbocycles. The zero-order valence-electron chi connectivity index (χ0n) is 9.04. The Bertz CT molecular complexity index is 531. The van der Waals surface area contributed by atoms with Crippen LogP contribution in [0.3, 0.4) is 0 Å². The summed E-state index contributed by atoms with van der Waals surface area (Å²) in [6.45, 7) is 0. The number of hydrogen-bond donors (Lipinski definition) is 2. The molecule has 0 amide bonds. The van der Waals surface area contributed by atoms with Crippen molar-refractivity contribution in [3.63, 3.8) is 0 Å². The fraction of sp³-hybridized carbons (Fsp3) is 0.0909. The van der Waals surface area contributed by atoms with Gasteiger partial charge in [0.25, 0.3) is 0 Å². The van der Waals surface area contributed by atoms with Crippen LogP contribution in [0, 0.1) is 11.6 Å². The van der Waals surface area contributed by atoms with Crippen LogP contribution in [0.25, 0.3) is 0 Å². The number of halogens is 2. The van der Waals surface area contributed by atoms with Crippen LogP contribution in [0.4, 0.5) is 26.1 Å².